The van der Waals surface area contributed by atoms with Gasteiger partial charge in [-0.2, -0.15) is 0 Å². The summed E-state index contributed by atoms with van der Waals surface area (Å²) in [6.07, 6.45) is 4.79. The van der Waals surface area contributed by atoms with Crippen LogP contribution in [0.25, 0.3) is 0 Å². The first kappa shape index (κ1) is 18.4. The van der Waals surface area contributed by atoms with Gasteiger partial charge in [-0.15, -0.1) is 0 Å². The summed E-state index contributed by atoms with van der Waals surface area (Å²) in [4.78, 5) is 18.8. The summed E-state index contributed by atoms with van der Waals surface area (Å²) in [6, 6.07) is 8.94. The van der Waals surface area contributed by atoms with Crippen LogP contribution in [0.4, 0.5) is 0 Å². The Balaban J connectivity index is 1.63. The number of hydrogen-bond acceptors (Lipinski definition) is 4. The molecule has 1 aromatic carbocycles. The van der Waals surface area contributed by atoms with Crippen LogP contribution in [0.2, 0.25) is 0 Å². The van der Waals surface area contributed by atoms with E-state index in [2.05, 4.69) is 15.9 Å². The van der Waals surface area contributed by atoms with Crippen molar-refractivity contribution in [2.75, 3.05) is 40.3 Å². The van der Waals surface area contributed by atoms with Crippen LogP contribution in [-0.2, 0) is 6.54 Å². The number of likely N-dealkylation sites (tertiary alicyclic amines) is 2. The number of amides is 1. The molecule has 0 bridgehead atoms. The van der Waals surface area contributed by atoms with Crippen LogP contribution >= 0.6 is 0 Å². The SMILES string of the molecule is CN(C)C(=O)c1cccc(CN2CCCC2CN2CCCC2CO)c1. The molecule has 0 saturated carbocycles. The predicted molar refractivity (Wildman–Crippen MR) is 99.6 cm³/mol. The van der Waals surface area contributed by atoms with Gasteiger partial charge in [-0.25, -0.2) is 0 Å². The van der Waals surface area contributed by atoms with Gasteiger partial charge in [-0.3, -0.25) is 14.6 Å². The molecule has 2 unspecified atom stereocenters. The van der Waals surface area contributed by atoms with Crippen molar-refractivity contribution in [1.29, 1.82) is 0 Å². The average molecular weight is 345 g/mol. The Hall–Kier alpha value is -1.43. The summed E-state index contributed by atoms with van der Waals surface area (Å²) in [7, 11) is 3.58. The first-order chi connectivity index (χ1) is 12.1. The fourth-order valence-electron chi connectivity index (χ4n) is 4.22. The number of hydrogen-bond donors (Lipinski definition) is 1. The number of carbonyl (C=O) groups is 1. The molecule has 1 amide bonds. The first-order valence-electron chi connectivity index (χ1n) is 9.48. The molecular formula is C20H31N3O2. The van der Waals surface area contributed by atoms with Gasteiger partial charge in [0.15, 0.2) is 0 Å². The van der Waals surface area contributed by atoms with Crippen molar-refractivity contribution in [3.63, 3.8) is 0 Å². The van der Waals surface area contributed by atoms with Crippen molar-refractivity contribution >= 4 is 5.91 Å². The highest BCUT2D eigenvalue weighted by Crippen LogP contribution is 2.25. The lowest BCUT2D eigenvalue weighted by Crippen LogP contribution is -2.43. The van der Waals surface area contributed by atoms with Crippen molar-refractivity contribution in [1.82, 2.24) is 14.7 Å². The van der Waals surface area contributed by atoms with Crippen LogP contribution in [0.5, 0.6) is 0 Å². The number of nitrogens with zero attached hydrogens (tertiary/aromatic N) is 3. The Morgan fingerprint density at radius 2 is 1.88 bits per heavy atom. The third-order valence-corrected chi connectivity index (χ3v) is 5.62. The van der Waals surface area contributed by atoms with E-state index in [1.807, 2.05) is 18.2 Å². The average Bonchev–Trinajstić information content (AvgIpc) is 3.24. The molecule has 0 spiro atoms. The van der Waals surface area contributed by atoms with Gasteiger partial charge in [-0.1, -0.05) is 12.1 Å². The molecule has 3 rings (SSSR count). The Labute approximate surface area is 151 Å². The molecule has 1 N–H and O–H groups in total. The molecule has 2 fully saturated rings. The first-order valence-corrected chi connectivity index (χ1v) is 9.48. The third kappa shape index (κ3) is 4.40. The van der Waals surface area contributed by atoms with E-state index >= 15 is 0 Å². The standard InChI is InChI=1S/C20H31N3O2/c1-21(2)20(25)17-7-3-6-16(12-17)13-22-10-4-8-18(22)14-23-11-5-9-19(23)15-24/h3,6-7,12,18-19,24H,4-5,8-11,13-15H2,1-2H3. The Morgan fingerprint density at radius 1 is 1.16 bits per heavy atom. The molecule has 2 aliphatic rings. The summed E-state index contributed by atoms with van der Waals surface area (Å²) >= 11 is 0. The van der Waals surface area contributed by atoms with E-state index in [4.69, 9.17) is 0 Å². The number of benzene rings is 1. The maximum atomic E-state index is 12.2. The lowest BCUT2D eigenvalue weighted by atomic mass is 10.1. The Morgan fingerprint density at radius 3 is 2.60 bits per heavy atom. The van der Waals surface area contributed by atoms with E-state index in [0.29, 0.717) is 12.1 Å². The van der Waals surface area contributed by atoms with E-state index < -0.39 is 0 Å². The summed E-state index contributed by atoms with van der Waals surface area (Å²) in [6.45, 7) is 4.47. The minimum atomic E-state index is 0.0580. The van der Waals surface area contributed by atoms with E-state index in [1.54, 1.807) is 19.0 Å². The monoisotopic (exact) mass is 345 g/mol. The molecule has 25 heavy (non-hydrogen) atoms. The van der Waals surface area contributed by atoms with Crippen LogP contribution in [0.1, 0.15) is 41.6 Å². The third-order valence-electron chi connectivity index (χ3n) is 5.62. The predicted octanol–water partition coefficient (Wildman–Crippen LogP) is 1.81. The molecule has 0 aliphatic carbocycles. The molecule has 0 aromatic heterocycles. The van der Waals surface area contributed by atoms with Crippen molar-refractivity contribution in [2.24, 2.45) is 0 Å². The lowest BCUT2D eigenvalue weighted by Gasteiger charge is -2.31. The van der Waals surface area contributed by atoms with Crippen molar-refractivity contribution in [3.8, 4) is 0 Å². The van der Waals surface area contributed by atoms with Crippen LogP contribution in [0, 0.1) is 0 Å². The van der Waals surface area contributed by atoms with Gasteiger partial charge in [0.2, 0.25) is 0 Å². The van der Waals surface area contributed by atoms with Crippen LogP contribution in [0.15, 0.2) is 24.3 Å². The lowest BCUT2D eigenvalue weighted by molar-refractivity contribution is 0.0827. The van der Waals surface area contributed by atoms with E-state index in [1.165, 1.54) is 24.8 Å². The maximum Gasteiger partial charge on any atom is 0.253 e. The Bertz CT molecular complexity index is 590. The molecule has 138 valence electrons. The molecule has 0 radical (unpaired) electrons. The van der Waals surface area contributed by atoms with Gasteiger partial charge in [0.05, 0.1) is 6.61 Å². The van der Waals surface area contributed by atoms with Gasteiger partial charge in [-0.05, 0) is 56.5 Å². The normalized spacial score (nSPS) is 24.8. The molecule has 5 heteroatoms. The van der Waals surface area contributed by atoms with Gasteiger partial charge < -0.3 is 10.0 Å². The minimum Gasteiger partial charge on any atom is -0.395 e. The largest absolute Gasteiger partial charge is 0.395 e. The van der Waals surface area contributed by atoms with E-state index in [0.717, 1.165) is 38.2 Å². The molecule has 2 saturated heterocycles. The number of carbonyl (C=O) groups excluding carboxylic acids is 1. The minimum absolute atomic E-state index is 0.0580. The fraction of sp³-hybridized carbons (Fsp3) is 0.650. The molecule has 5 nitrogen and oxygen atoms in total. The van der Waals surface area contributed by atoms with Crippen molar-refractivity contribution < 1.29 is 9.90 Å². The molecule has 2 aliphatic heterocycles. The summed E-state index contributed by atoms with van der Waals surface area (Å²) in [5, 5.41) is 9.55. The van der Waals surface area contributed by atoms with E-state index in [9.17, 15) is 9.90 Å². The second-order valence-electron chi connectivity index (χ2n) is 7.64. The topological polar surface area (TPSA) is 47.0 Å². The number of rotatable bonds is 6. The number of aliphatic hydroxyl groups excluding tert-OH is 1. The quantitative estimate of drug-likeness (QED) is 0.854. The summed E-state index contributed by atoms with van der Waals surface area (Å²) < 4.78 is 0. The zero-order valence-electron chi connectivity index (χ0n) is 15.5. The zero-order valence-corrected chi connectivity index (χ0v) is 15.5. The van der Waals surface area contributed by atoms with Gasteiger partial charge in [0.1, 0.15) is 0 Å². The van der Waals surface area contributed by atoms with Crippen LogP contribution in [0.3, 0.4) is 0 Å². The van der Waals surface area contributed by atoms with Gasteiger partial charge in [0.25, 0.3) is 5.91 Å². The van der Waals surface area contributed by atoms with Gasteiger partial charge >= 0.3 is 0 Å². The van der Waals surface area contributed by atoms with Crippen molar-refractivity contribution in [2.45, 2.75) is 44.3 Å². The fourth-order valence-corrected chi connectivity index (χ4v) is 4.22. The molecular weight excluding hydrogens is 314 g/mol. The van der Waals surface area contributed by atoms with E-state index in [-0.39, 0.29) is 12.5 Å². The second-order valence-corrected chi connectivity index (χ2v) is 7.64. The molecule has 2 heterocycles. The second kappa shape index (κ2) is 8.30. The summed E-state index contributed by atoms with van der Waals surface area (Å²) in [5.41, 5.74) is 1.97. The maximum absolute atomic E-state index is 12.2. The van der Waals surface area contributed by atoms with Crippen molar-refractivity contribution in [3.05, 3.63) is 35.4 Å². The smallest absolute Gasteiger partial charge is 0.253 e. The zero-order chi connectivity index (χ0) is 17.8. The summed E-state index contributed by atoms with van der Waals surface area (Å²) in [5.74, 6) is 0.0580. The molecule has 2 atom stereocenters. The Kier molecular flexibility index (Phi) is 6.10. The highest BCUT2D eigenvalue weighted by atomic mass is 16.3. The van der Waals surface area contributed by atoms with Gasteiger partial charge in [0, 0.05) is 44.8 Å². The highest BCUT2D eigenvalue weighted by Gasteiger charge is 2.31. The number of aliphatic hydroxyl groups is 1. The highest BCUT2D eigenvalue weighted by molar-refractivity contribution is 5.94. The van der Waals surface area contributed by atoms with Crippen LogP contribution < -0.4 is 0 Å². The molecule has 1 aromatic rings. The van der Waals surface area contributed by atoms with Crippen LogP contribution in [-0.4, -0.2) is 78.1 Å².